The summed E-state index contributed by atoms with van der Waals surface area (Å²) in [6, 6.07) is 62.1. The summed E-state index contributed by atoms with van der Waals surface area (Å²) in [5.41, 5.74) is 12.9. The molecule has 0 saturated carbocycles. The van der Waals surface area contributed by atoms with Crippen LogP contribution in [0.4, 0.5) is 0 Å². The number of hydrogen-bond donors (Lipinski definition) is 1. The van der Waals surface area contributed by atoms with Crippen LogP contribution in [-0.4, -0.2) is 26.6 Å². The van der Waals surface area contributed by atoms with E-state index in [1.165, 1.54) is 0 Å². The number of pyridine rings is 3. The molecule has 54 heavy (non-hydrogen) atoms. The van der Waals surface area contributed by atoms with E-state index in [0.29, 0.717) is 0 Å². The van der Waals surface area contributed by atoms with Gasteiger partial charge in [0.15, 0.2) is 6.17 Å². The lowest BCUT2D eigenvalue weighted by atomic mass is 9.99. The first-order chi connectivity index (χ1) is 26.7. The number of rotatable bonds is 8. The summed E-state index contributed by atoms with van der Waals surface area (Å²) >= 11 is 0. The normalized spacial score (nSPS) is 12.7. The molecule has 9 rings (SSSR count). The Morgan fingerprint density at radius 2 is 0.815 bits per heavy atom. The Labute approximate surface area is 314 Å². The summed E-state index contributed by atoms with van der Waals surface area (Å²) in [5.74, 6) is 1.62. The number of benzene rings is 5. The molecule has 0 aliphatic carbocycles. The summed E-state index contributed by atoms with van der Waals surface area (Å²) in [4.78, 5) is 24.4. The van der Waals surface area contributed by atoms with Crippen LogP contribution in [0.3, 0.4) is 0 Å². The van der Waals surface area contributed by atoms with Crippen molar-refractivity contribution in [1.29, 1.82) is 0 Å². The number of amidine groups is 2. The standard InChI is InChI=1S/C48H34N6/c1-4-12-33(13-5-1)41-30-44(42-18-10-11-29-49-42)51-45(31-41)43-28-27-40(32-50-43)36-21-19-34(20-22-36)35-23-25-39(26-24-35)48-53-46(37-14-6-2-7-15-37)52-47(54-48)38-16-8-3-9-17-38/h1-32,48H,(H,52,53,54). The van der Waals surface area contributed by atoms with E-state index in [4.69, 9.17) is 20.0 Å². The fraction of sp³-hybridized carbons (Fsp3) is 0.0208. The molecule has 0 bridgehead atoms. The highest BCUT2D eigenvalue weighted by molar-refractivity contribution is 6.15. The zero-order valence-electron chi connectivity index (χ0n) is 29.3. The van der Waals surface area contributed by atoms with E-state index in [1.54, 1.807) is 6.20 Å². The van der Waals surface area contributed by atoms with Crippen molar-refractivity contribution in [3.63, 3.8) is 0 Å². The molecule has 256 valence electrons. The van der Waals surface area contributed by atoms with Gasteiger partial charge in [-0.25, -0.2) is 15.0 Å². The van der Waals surface area contributed by atoms with Crippen molar-refractivity contribution in [2.75, 3.05) is 0 Å². The first kappa shape index (κ1) is 32.6. The quantitative estimate of drug-likeness (QED) is 0.172. The Morgan fingerprint density at radius 3 is 1.33 bits per heavy atom. The smallest absolute Gasteiger partial charge is 0.169 e. The van der Waals surface area contributed by atoms with E-state index < -0.39 is 0 Å². The summed E-state index contributed by atoms with van der Waals surface area (Å²) in [5, 5.41) is 3.46. The molecule has 0 radical (unpaired) electrons. The highest BCUT2D eigenvalue weighted by atomic mass is 15.2. The molecule has 6 heteroatoms. The Hall–Kier alpha value is -7.31. The molecule has 1 N–H and O–H groups in total. The number of nitrogens with zero attached hydrogens (tertiary/aromatic N) is 5. The van der Waals surface area contributed by atoms with Gasteiger partial charge in [0.05, 0.1) is 22.8 Å². The fourth-order valence-electron chi connectivity index (χ4n) is 6.61. The Balaban J connectivity index is 0.954. The van der Waals surface area contributed by atoms with Crippen molar-refractivity contribution in [2.24, 2.45) is 9.98 Å². The van der Waals surface area contributed by atoms with Crippen LogP contribution in [0.15, 0.2) is 204 Å². The van der Waals surface area contributed by atoms with Crippen LogP contribution >= 0.6 is 0 Å². The van der Waals surface area contributed by atoms with Gasteiger partial charge in [-0.1, -0.05) is 152 Å². The first-order valence-corrected chi connectivity index (χ1v) is 17.9. The number of hydrogen-bond acceptors (Lipinski definition) is 6. The monoisotopic (exact) mass is 694 g/mol. The van der Waals surface area contributed by atoms with Crippen LogP contribution in [0, 0.1) is 0 Å². The van der Waals surface area contributed by atoms with Crippen LogP contribution in [0.1, 0.15) is 22.9 Å². The van der Waals surface area contributed by atoms with E-state index >= 15 is 0 Å². The highest BCUT2D eigenvalue weighted by Crippen LogP contribution is 2.32. The van der Waals surface area contributed by atoms with Gasteiger partial charge in [-0.3, -0.25) is 9.97 Å². The third-order valence-electron chi connectivity index (χ3n) is 9.48. The molecular formula is C48H34N6. The lowest BCUT2D eigenvalue weighted by Gasteiger charge is -2.22. The molecule has 4 heterocycles. The van der Waals surface area contributed by atoms with Gasteiger partial charge in [-0.05, 0) is 63.7 Å². The molecule has 0 fully saturated rings. The predicted molar refractivity (Wildman–Crippen MR) is 219 cm³/mol. The molecule has 1 aliphatic heterocycles. The minimum Gasteiger partial charge on any atom is -0.324 e. The average molecular weight is 695 g/mol. The molecule has 0 atom stereocenters. The van der Waals surface area contributed by atoms with Crippen molar-refractivity contribution in [2.45, 2.75) is 6.17 Å². The van der Waals surface area contributed by atoms with Crippen LogP contribution in [-0.2, 0) is 0 Å². The van der Waals surface area contributed by atoms with Gasteiger partial charge in [0, 0.05) is 29.1 Å². The van der Waals surface area contributed by atoms with Crippen molar-refractivity contribution in [3.05, 3.63) is 211 Å². The lowest BCUT2D eigenvalue weighted by molar-refractivity contribution is 0.756. The topological polar surface area (TPSA) is 75.4 Å². The van der Waals surface area contributed by atoms with Gasteiger partial charge >= 0.3 is 0 Å². The van der Waals surface area contributed by atoms with Gasteiger partial charge in [-0.2, -0.15) is 0 Å². The molecule has 0 saturated heterocycles. The molecule has 8 aromatic rings. The molecular weight excluding hydrogens is 661 g/mol. The van der Waals surface area contributed by atoms with Crippen LogP contribution in [0.2, 0.25) is 0 Å². The summed E-state index contributed by atoms with van der Waals surface area (Å²) in [7, 11) is 0. The van der Waals surface area contributed by atoms with Crippen LogP contribution in [0.25, 0.3) is 56.2 Å². The van der Waals surface area contributed by atoms with Crippen LogP contribution in [0.5, 0.6) is 0 Å². The molecule has 6 nitrogen and oxygen atoms in total. The first-order valence-electron chi connectivity index (χ1n) is 17.9. The Bertz CT molecular complexity index is 2460. The van der Waals surface area contributed by atoms with Crippen molar-refractivity contribution in [1.82, 2.24) is 20.3 Å². The Morgan fingerprint density at radius 1 is 0.352 bits per heavy atom. The number of aliphatic imine (C=N–C) groups is 2. The fourth-order valence-corrected chi connectivity index (χ4v) is 6.61. The zero-order valence-corrected chi connectivity index (χ0v) is 29.3. The van der Waals surface area contributed by atoms with E-state index in [0.717, 1.165) is 84.5 Å². The summed E-state index contributed by atoms with van der Waals surface area (Å²) in [6.45, 7) is 0. The van der Waals surface area contributed by atoms with Crippen molar-refractivity contribution in [3.8, 4) is 56.2 Å². The van der Waals surface area contributed by atoms with Crippen LogP contribution < -0.4 is 5.32 Å². The van der Waals surface area contributed by atoms with E-state index in [1.807, 2.05) is 85.1 Å². The van der Waals surface area contributed by atoms with E-state index in [2.05, 4.69) is 113 Å². The molecule has 1 aliphatic rings. The maximum Gasteiger partial charge on any atom is 0.169 e. The minimum atomic E-state index is -0.360. The maximum absolute atomic E-state index is 5.01. The summed E-state index contributed by atoms with van der Waals surface area (Å²) < 4.78 is 0. The second kappa shape index (κ2) is 14.7. The SMILES string of the molecule is c1ccc(C2=NC(c3ccc(-c4ccc(-c5ccc(-c6cc(-c7ccccc7)cc(-c7ccccn7)n6)nc5)cc4)cc3)N=C(c3ccccc3)N2)cc1. The molecule has 0 spiro atoms. The third kappa shape index (κ3) is 6.96. The van der Waals surface area contributed by atoms with E-state index in [-0.39, 0.29) is 6.17 Å². The number of nitrogens with one attached hydrogen (secondary N) is 1. The molecule has 5 aromatic carbocycles. The number of aromatic nitrogens is 3. The van der Waals surface area contributed by atoms with Gasteiger partial charge < -0.3 is 5.32 Å². The maximum atomic E-state index is 5.01. The highest BCUT2D eigenvalue weighted by Gasteiger charge is 2.20. The van der Waals surface area contributed by atoms with Gasteiger partial charge in [-0.15, -0.1) is 0 Å². The van der Waals surface area contributed by atoms with Gasteiger partial charge in [0.1, 0.15) is 11.7 Å². The van der Waals surface area contributed by atoms with Crippen molar-refractivity contribution < 1.29 is 0 Å². The lowest BCUT2D eigenvalue weighted by Crippen LogP contribution is -2.35. The third-order valence-corrected chi connectivity index (χ3v) is 9.48. The predicted octanol–water partition coefficient (Wildman–Crippen LogP) is 10.7. The van der Waals surface area contributed by atoms with Crippen molar-refractivity contribution >= 4 is 11.7 Å². The molecule has 3 aromatic heterocycles. The largest absolute Gasteiger partial charge is 0.324 e. The summed E-state index contributed by atoms with van der Waals surface area (Å²) in [6.07, 6.45) is 3.35. The average Bonchev–Trinajstić information content (AvgIpc) is 3.27. The minimum absolute atomic E-state index is 0.360. The van der Waals surface area contributed by atoms with Gasteiger partial charge in [0.2, 0.25) is 0 Å². The second-order valence-corrected chi connectivity index (χ2v) is 13.0. The second-order valence-electron chi connectivity index (χ2n) is 13.0. The molecule has 0 unspecified atom stereocenters. The zero-order chi connectivity index (χ0) is 36.1. The van der Waals surface area contributed by atoms with E-state index in [9.17, 15) is 0 Å². The van der Waals surface area contributed by atoms with Gasteiger partial charge in [0.25, 0.3) is 0 Å². The molecule has 0 amide bonds. The Kier molecular flexibility index (Phi) is 8.89.